The molecule has 0 spiro atoms. The largest absolute Gasteiger partial charge is 0.495 e. The van der Waals surface area contributed by atoms with E-state index in [2.05, 4.69) is 15.3 Å². The van der Waals surface area contributed by atoms with Crippen molar-refractivity contribution >= 4 is 28.4 Å². The van der Waals surface area contributed by atoms with Crippen molar-refractivity contribution in [2.45, 2.75) is 13.3 Å². The van der Waals surface area contributed by atoms with Crippen LogP contribution in [0.25, 0.3) is 16.6 Å². The second-order valence-electron chi connectivity index (χ2n) is 6.82. The number of fused-ring (bicyclic) bond motifs is 1. The first-order chi connectivity index (χ1) is 14.0. The number of carbonyl (C=O) groups is 1. The summed E-state index contributed by atoms with van der Waals surface area (Å²) in [5, 5.41) is 4.74. The molecule has 0 saturated carbocycles. The second-order valence-corrected chi connectivity index (χ2v) is 7.26. The van der Waals surface area contributed by atoms with Crippen LogP contribution in [0.3, 0.4) is 0 Å². The van der Waals surface area contributed by atoms with Crippen LogP contribution in [0.2, 0.25) is 5.02 Å². The van der Waals surface area contributed by atoms with E-state index in [1.54, 1.807) is 25.6 Å². The lowest BCUT2D eigenvalue weighted by molar-refractivity contribution is 0.0954. The Hall–Kier alpha value is -3.25. The van der Waals surface area contributed by atoms with Gasteiger partial charge in [-0.25, -0.2) is 4.98 Å². The number of H-pyrrole nitrogens is 1. The number of rotatable bonds is 6. The van der Waals surface area contributed by atoms with Crippen LogP contribution >= 0.6 is 11.6 Å². The Labute approximate surface area is 173 Å². The number of aryl methyl sites for hydroxylation is 1. The lowest BCUT2D eigenvalue weighted by Gasteiger charge is -2.11. The number of amides is 1. The van der Waals surface area contributed by atoms with E-state index in [0.29, 0.717) is 29.3 Å². The van der Waals surface area contributed by atoms with Crippen LogP contribution < -0.4 is 10.1 Å². The molecule has 0 atom stereocenters. The first-order valence-corrected chi connectivity index (χ1v) is 9.65. The summed E-state index contributed by atoms with van der Waals surface area (Å²) in [4.78, 5) is 20.1. The number of carbonyl (C=O) groups excluding carboxylic acids is 1. The summed E-state index contributed by atoms with van der Waals surface area (Å²) in [6.45, 7) is 2.44. The number of hydrogen-bond acceptors (Lipinski definition) is 3. The van der Waals surface area contributed by atoms with Gasteiger partial charge in [-0.3, -0.25) is 4.79 Å². The number of imidazole rings is 1. The van der Waals surface area contributed by atoms with Crippen molar-refractivity contribution in [1.29, 1.82) is 0 Å². The average molecular weight is 409 g/mol. The third-order valence-electron chi connectivity index (χ3n) is 4.84. The minimum absolute atomic E-state index is 0.144. The Morgan fingerprint density at radius 3 is 2.90 bits per heavy atom. The van der Waals surface area contributed by atoms with Crippen molar-refractivity contribution < 1.29 is 9.53 Å². The van der Waals surface area contributed by atoms with Crippen molar-refractivity contribution in [3.63, 3.8) is 0 Å². The molecule has 0 radical (unpaired) electrons. The molecule has 4 rings (SSSR count). The van der Waals surface area contributed by atoms with E-state index < -0.39 is 0 Å². The molecular weight excluding hydrogens is 388 g/mol. The van der Waals surface area contributed by atoms with Gasteiger partial charge in [-0.05, 0) is 55.3 Å². The zero-order chi connectivity index (χ0) is 20.4. The highest BCUT2D eigenvalue weighted by Gasteiger charge is 2.12. The van der Waals surface area contributed by atoms with Gasteiger partial charge in [-0.2, -0.15) is 0 Å². The fraction of sp³-hybridized carbons (Fsp3) is 0.182. The fourth-order valence-corrected chi connectivity index (χ4v) is 3.53. The van der Waals surface area contributed by atoms with Gasteiger partial charge in [0.1, 0.15) is 5.75 Å². The minimum atomic E-state index is -0.144. The maximum Gasteiger partial charge on any atom is 0.251 e. The molecule has 2 heterocycles. The van der Waals surface area contributed by atoms with Gasteiger partial charge in [0.2, 0.25) is 0 Å². The van der Waals surface area contributed by atoms with Crippen molar-refractivity contribution in [1.82, 2.24) is 19.9 Å². The summed E-state index contributed by atoms with van der Waals surface area (Å²) in [6, 6.07) is 11.1. The molecule has 0 saturated heterocycles. The average Bonchev–Trinajstić information content (AvgIpc) is 3.33. The number of benzene rings is 2. The third kappa shape index (κ3) is 3.98. The van der Waals surface area contributed by atoms with E-state index in [0.717, 1.165) is 27.8 Å². The Balaban J connectivity index is 1.45. The molecule has 4 aromatic rings. The molecule has 148 valence electrons. The number of nitrogens with one attached hydrogen (secondary N) is 2. The molecule has 2 N–H and O–H groups in total. The number of ether oxygens (including phenoxy) is 1. The Kier molecular flexibility index (Phi) is 5.27. The predicted molar refractivity (Wildman–Crippen MR) is 114 cm³/mol. The van der Waals surface area contributed by atoms with Crippen LogP contribution in [0.15, 0.2) is 55.1 Å². The number of halogens is 1. The quantitative estimate of drug-likeness (QED) is 0.499. The predicted octanol–water partition coefficient (Wildman–Crippen LogP) is 4.30. The fourth-order valence-electron chi connectivity index (χ4n) is 3.36. The van der Waals surface area contributed by atoms with Crippen molar-refractivity contribution in [2.75, 3.05) is 13.7 Å². The third-order valence-corrected chi connectivity index (χ3v) is 5.08. The molecule has 2 aromatic carbocycles. The monoisotopic (exact) mass is 408 g/mol. The minimum Gasteiger partial charge on any atom is -0.495 e. The number of methoxy groups -OCH3 is 1. The van der Waals surface area contributed by atoms with E-state index in [9.17, 15) is 4.79 Å². The van der Waals surface area contributed by atoms with Gasteiger partial charge in [0.15, 0.2) is 0 Å². The van der Waals surface area contributed by atoms with E-state index in [1.807, 2.05) is 48.1 Å². The van der Waals surface area contributed by atoms with E-state index in [1.165, 1.54) is 0 Å². The number of aromatic nitrogens is 3. The smallest absolute Gasteiger partial charge is 0.251 e. The summed E-state index contributed by atoms with van der Waals surface area (Å²) < 4.78 is 7.35. The van der Waals surface area contributed by atoms with Crippen molar-refractivity contribution in [3.8, 4) is 11.4 Å². The lowest BCUT2D eigenvalue weighted by Crippen LogP contribution is -2.25. The van der Waals surface area contributed by atoms with E-state index in [-0.39, 0.29) is 5.91 Å². The van der Waals surface area contributed by atoms with Crippen LogP contribution in [0.1, 0.15) is 21.6 Å². The summed E-state index contributed by atoms with van der Waals surface area (Å²) >= 11 is 6.10. The van der Waals surface area contributed by atoms with E-state index in [4.69, 9.17) is 16.3 Å². The van der Waals surface area contributed by atoms with Gasteiger partial charge < -0.3 is 19.6 Å². The molecule has 29 heavy (non-hydrogen) atoms. The molecule has 0 fully saturated rings. The summed E-state index contributed by atoms with van der Waals surface area (Å²) in [7, 11) is 1.59. The van der Waals surface area contributed by atoms with Gasteiger partial charge in [-0.15, -0.1) is 0 Å². The summed E-state index contributed by atoms with van der Waals surface area (Å²) in [5.74, 6) is 0.468. The topological polar surface area (TPSA) is 71.9 Å². The highest BCUT2D eigenvalue weighted by Crippen LogP contribution is 2.25. The number of hydrogen-bond donors (Lipinski definition) is 2. The van der Waals surface area contributed by atoms with Crippen LogP contribution in [0, 0.1) is 6.92 Å². The Morgan fingerprint density at radius 1 is 1.28 bits per heavy atom. The van der Waals surface area contributed by atoms with Gasteiger partial charge in [0.05, 0.1) is 24.8 Å². The molecular formula is C22H21ClN4O2. The maximum atomic E-state index is 12.6. The first-order valence-electron chi connectivity index (χ1n) is 9.28. The normalized spacial score (nSPS) is 11.0. The van der Waals surface area contributed by atoms with Crippen LogP contribution in [-0.4, -0.2) is 34.1 Å². The second kappa shape index (κ2) is 8.01. The molecule has 0 bridgehead atoms. The highest BCUT2D eigenvalue weighted by atomic mass is 35.5. The molecule has 0 unspecified atom stereocenters. The molecule has 0 aliphatic carbocycles. The zero-order valence-corrected chi connectivity index (χ0v) is 17.0. The van der Waals surface area contributed by atoms with Gasteiger partial charge >= 0.3 is 0 Å². The SMILES string of the molecule is COc1cc(C(=O)NCCc2c[nH]c3ccc(Cl)cc23)ccc1-n1cnc(C)c1. The first kappa shape index (κ1) is 19.1. The molecule has 2 aromatic heterocycles. The molecule has 0 aliphatic rings. The van der Waals surface area contributed by atoms with Crippen molar-refractivity contribution in [3.05, 3.63) is 77.0 Å². The lowest BCUT2D eigenvalue weighted by atomic mass is 10.1. The van der Waals surface area contributed by atoms with E-state index >= 15 is 0 Å². The Morgan fingerprint density at radius 2 is 2.14 bits per heavy atom. The Bertz CT molecular complexity index is 1180. The van der Waals surface area contributed by atoms with Gasteiger partial charge in [0, 0.05) is 40.4 Å². The maximum absolute atomic E-state index is 12.6. The van der Waals surface area contributed by atoms with Crippen LogP contribution in [0.4, 0.5) is 0 Å². The number of nitrogens with zero attached hydrogens (tertiary/aromatic N) is 2. The summed E-state index contributed by atoms with van der Waals surface area (Å²) in [6.07, 6.45) is 6.29. The van der Waals surface area contributed by atoms with Crippen LogP contribution in [-0.2, 0) is 6.42 Å². The standard InChI is InChI=1S/C22H21ClN4O2/c1-14-12-27(13-26-14)20-6-3-15(9-21(20)29-2)22(28)24-8-7-16-11-25-19-5-4-17(23)10-18(16)19/h3-6,9-13,25H,7-8H2,1-2H3,(H,24,28). The highest BCUT2D eigenvalue weighted by molar-refractivity contribution is 6.31. The molecule has 7 heteroatoms. The van der Waals surface area contributed by atoms with Gasteiger partial charge in [-0.1, -0.05) is 11.6 Å². The molecule has 6 nitrogen and oxygen atoms in total. The zero-order valence-electron chi connectivity index (χ0n) is 16.2. The molecule has 0 aliphatic heterocycles. The van der Waals surface area contributed by atoms with Gasteiger partial charge in [0.25, 0.3) is 5.91 Å². The summed E-state index contributed by atoms with van der Waals surface area (Å²) in [5.41, 5.74) is 4.44. The van der Waals surface area contributed by atoms with Crippen LogP contribution in [0.5, 0.6) is 5.75 Å². The number of aromatic amines is 1. The molecule has 1 amide bonds. The van der Waals surface area contributed by atoms with Crippen molar-refractivity contribution in [2.24, 2.45) is 0 Å².